The fourth-order valence-corrected chi connectivity index (χ4v) is 3.39. The van der Waals surface area contributed by atoms with Crippen molar-refractivity contribution >= 4 is 28.8 Å². The van der Waals surface area contributed by atoms with Crippen LogP contribution in [0.5, 0.6) is 0 Å². The van der Waals surface area contributed by atoms with Gasteiger partial charge >= 0.3 is 0 Å². The molecule has 5 rings (SSSR count). The van der Waals surface area contributed by atoms with E-state index in [1.54, 1.807) is 18.5 Å². The second kappa shape index (κ2) is 5.71. The minimum absolute atomic E-state index is 0.307. The number of hydrogen-bond donors (Lipinski definition) is 1. The van der Waals surface area contributed by atoms with E-state index >= 15 is 0 Å². The summed E-state index contributed by atoms with van der Waals surface area (Å²) in [5.74, 6) is 0.466. The first-order valence-electron chi connectivity index (χ1n) is 8.10. The summed E-state index contributed by atoms with van der Waals surface area (Å²) >= 11 is 5.99. The highest BCUT2D eigenvalue weighted by Gasteiger charge is 2.29. The maximum atomic E-state index is 14.5. The summed E-state index contributed by atoms with van der Waals surface area (Å²) in [7, 11) is 0. The Morgan fingerprint density at radius 3 is 2.81 bits per heavy atom. The van der Waals surface area contributed by atoms with E-state index in [1.807, 2.05) is 45.9 Å². The Kier molecular flexibility index (Phi) is 3.33. The van der Waals surface area contributed by atoms with Crippen LogP contribution in [0.1, 0.15) is 5.56 Å². The SMILES string of the molecule is Fc1cccc2c1-c1nc3cnccn3c1N(Cc1ccc(Cl)cc1)N2. The van der Waals surface area contributed by atoms with Crippen LogP contribution in [0.25, 0.3) is 16.9 Å². The highest BCUT2D eigenvalue weighted by molar-refractivity contribution is 6.30. The molecule has 0 unspecified atom stereocenters. The lowest BCUT2D eigenvalue weighted by atomic mass is 10.1. The number of fused-ring (bicyclic) bond motifs is 5. The number of aromatic nitrogens is 3. The van der Waals surface area contributed by atoms with Gasteiger partial charge < -0.3 is 0 Å². The van der Waals surface area contributed by atoms with Crippen molar-refractivity contribution in [2.24, 2.45) is 0 Å². The standard InChI is InChI=1S/C19H13ClFN5/c20-13-6-4-12(5-7-13)11-26-19-18(23-16-10-22-8-9-25(16)19)17-14(21)2-1-3-15(17)24-26/h1-10,24H,11H2. The summed E-state index contributed by atoms with van der Waals surface area (Å²) < 4.78 is 16.4. The molecule has 0 radical (unpaired) electrons. The molecule has 3 heterocycles. The van der Waals surface area contributed by atoms with Gasteiger partial charge in [0.25, 0.3) is 0 Å². The number of nitrogens with one attached hydrogen (secondary N) is 1. The van der Waals surface area contributed by atoms with Crippen LogP contribution in [0.4, 0.5) is 15.9 Å². The van der Waals surface area contributed by atoms with Crippen molar-refractivity contribution in [2.75, 3.05) is 10.4 Å². The predicted octanol–water partition coefficient (Wildman–Crippen LogP) is 4.54. The number of hydrazine groups is 1. The minimum Gasteiger partial charge on any atom is -0.296 e. The molecule has 4 aromatic rings. The van der Waals surface area contributed by atoms with E-state index in [0.717, 1.165) is 11.4 Å². The molecule has 26 heavy (non-hydrogen) atoms. The van der Waals surface area contributed by atoms with E-state index in [9.17, 15) is 4.39 Å². The van der Waals surface area contributed by atoms with Crippen molar-refractivity contribution in [3.05, 3.63) is 77.5 Å². The van der Waals surface area contributed by atoms with Crippen LogP contribution in [-0.4, -0.2) is 14.4 Å². The number of halogens is 2. The molecule has 0 saturated carbocycles. The topological polar surface area (TPSA) is 45.5 Å². The first-order valence-corrected chi connectivity index (χ1v) is 8.48. The van der Waals surface area contributed by atoms with Crippen LogP contribution in [0, 0.1) is 5.82 Å². The first-order chi connectivity index (χ1) is 12.7. The van der Waals surface area contributed by atoms with Gasteiger partial charge in [0.2, 0.25) is 0 Å². The second-order valence-electron chi connectivity index (χ2n) is 6.08. The molecular formula is C19H13ClFN5. The zero-order valence-corrected chi connectivity index (χ0v) is 14.3. The normalized spacial score (nSPS) is 12.6. The molecule has 0 amide bonds. The van der Waals surface area contributed by atoms with E-state index in [1.165, 1.54) is 6.07 Å². The molecule has 2 aromatic heterocycles. The van der Waals surface area contributed by atoms with E-state index in [-0.39, 0.29) is 5.82 Å². The summed E-state index contributed by atoms with van der Waals surface area (Å²) in [5, 5.41) is 2.65. The van der Waals surface area contributed by atoms with Crippen LogP contribution in [-0.2, 0) is 6.54 Å². The van der Waals surface area contributed by atoms with E-state index in [0.29, 0.717) is 34.2 Å². The molecule has 0 saturated heterocycles. The Hall–Kier alpha value is -3.12. The molecule has 0 bridgehead atoms. The zero-order valence-electron chi connectivity index (χ0n) is 13.5. The molecule has 128 valence electrons. The molecule has 0 atom stereocenters. The Labute approximate surface area is 153 Å². The van der Waals surface area contributed by atoms with Crippen molar-refractivity contribution in [1.29, 1.82) is 0 Å². The number of imidazole rings is 1. The average Bonchev–Trinajstić information content (AvgIpc) is 3.03. The third-order valence-corrected chi connectivity index (χ3v) is 4.67. The highest BCUT2D eigenvalue weighted by atomic mass is 35.5. The zero-order chi connectivity index (χ0) is 17.7. The van der Waals surface area contributed by atoms with Gasteiger partial charge in [0, 0.05) is 17.4 Å². The van der Waals surface area contributed by atoms with E-state index < -0.39 is 0 Å². The monoisotopic (exact) mass is 365 g/mol. The fraction of sp³-hybridized carbons (Fsp3) is 0.0526. The molecule has 7 heteroatoms. The molecular weight excluding hydrogens is 353 g/mol. The maximum Gasteiger partial charge on any atom is 0.160 e. The average molecular weight is 366 g/mol. The number of anilines is 2. The minimum atomic E-state index is -0.307. The van der Waals surface area contributed by atoms with Crippen molar-refractivity contribution in [3.63, 3.8) is 0 Å². The Balaban J connectivity index is 1.70. The highest BCUT2D eigenvalue weighted by Crippen LogP contribution is 2.42. The van der Waals surface area contributed by atoms with Crippen LogP contribution in [0.3, 0.4) is 0 Å². The van der Waals surface area contributed by atoms with Crippen LogP contribution in [0.2, 0.25) is 5.02 Å². The summed E-state index contributed by atoms with van der Waals surface area (Å²) in [6, 6.07) is 12.6. The Morgan fingerprint density at radius 2 is 1.96 bits per heavy atom. The Bertz CT molecular complexity index is 1120. The Morgan fingerprint density at radius 1 is 1.12 bits per heavy atom. The van der Waals surface area contributed by atoms with Gasteiger partial charge in [-0.2, -0.15) is 0 Å². The summed E-state index contributed by atoms with van der Waals surface area (Å²) in [4.78, 5) is 8.74. The van der Waals surface area contributed by atoms with Gasteiger partial charge in [0.05, 0.1) is 24.0 Å². The molecule has 0 fully saturated rings. The summed E-state index contributed by atoms with van der Waals surface area (Å²) in [6.45, 7) is 0.566. The smallest absolute Gasteiger partial charge is 0.160 e. The van der Waals surface area contributed by atoms with Crippen molar-refractivity contribution in [3.8, 4) is 11.3 Å². The molecule has 0 spiro atoms. The second-order valence-corrected chi connectivity index (χ2v) is 6.51. The summed E-state index contributed by atoms with van der Waals surface area (Å²) in [5.41, 5.74) is 6.79. The van der Waals surface area contributed by atoms with Crippen molar-refractivity contribution in [2.45, 2.75) is 6.54 Å². The first kappa shape index (κ1) is 15.2. The van der Waals surface area contributed by atoms with Crippen molar-refractivity contribution in [1.82, 2.24) is 14.4 Å². The van der Waals surface area contributed by atoms with E-state index in [4.69, 9.17) is 11.6 Å². The third-order valence-electron chi connectivity index (χ3n) is 4.42. The molecule has 0 aliphatic carbocycles. The number of hydrogen-bond acceptors (Lipinski definition) is 4. The molecule has 5 nitrogen and oxygen atoms in total. The van der Waals surface area contributed by atoms with Gasteiger partial charge in [-0.1, -0.05) is 29.8 Å². The maximum absolute atomic E-state index is 14.5. The fourth-order valence-electron chi connectivity index (χ4n) is 3.26. The van der Waals surface area contributed by atoms with Gasteiger partial charge in [-0.05, 0) is 29.8 Å². The molecule has 2 aromatic carbocycles. The largest absolute Gasteiger partial charge is 0.296 e. The molecule has 1 N–H and O–H groups in total. The lowest BCUT2D eigenvalue weighted by molar-refractivity contribution is 0.630. The third kappa shape index (κ3) is 2.30. The molecule has 1 aliphatic heterocycles. The lowest BCUT2D eigenvalue weighted by Crippen LogP contribution is -2.33. The van der Waals surface area contributed by atoms with Gasteiger partial charge in [-0.25, -0.2) is 9.37 Å². The summed E-state index contributed by atoms with van der Waals surface area (Å²) in [6.07, 6.45) is 5.18. The van der Waals surface area contributed by atoms with Crippen molar-refractivity contribution < 1.29 is 4.39 Å². The number of nitrogens with zero attached hydrogens (tertiary/aromatic N) is 4. The quantitative estimate of drug-likeness (QED) is 0.566. The van der Waals surface area contributed by atoms with Gasteiger partial charge in [-0.3, -0.25) is 19.8 Å². The molecule has 1 aliphatic rings. The van der Waals surface area contributed by atoms with Crippen LogP contribution < -0.4 is 10.4 Å². The van der Waals surface area contributed by atoms with Crippen LogP contribution >= 0.6 is 11.6 Å². The van der Waals surface area contributed by atoms with Gasteiger partial charge in [0.15, 0.2) is 11.5 Å². The van der Waals surface area contributed by atoms with E-state index in [2.05, 4.69) is 15.4 Å². The number of benzene rings is 2. The number of rotatable bonds is 2. The van der Waals surface area contributed by atoms with Gasteiger partial charge in [-0.15, -0.1) is 0 Å². The predicted molar refractivity (Wildman–Crippen MR) is 99.6 cm³/mol. The van der Waals surface area contributed by atoms with Gasteiger partial charge in [0.1, 0.15) is 11.5 Å². The van der Waals surface area contributed by atoms with Crippen LogP contribution in [0.15, 0.2) is 61.1 Å². The lowest BCUT2D eigenvalue weighted by Gasteiger charge is -2.31.